The standard InChI is InChI=1S/C25H29F3O4/c1-16-2-5-18(23-13-20(30)12-22(14-29)32-23)11-19(16)10-17-3-6-21(7-4-17)31-15-24(8-9-24)25(26,27)28/h2-7,11,20,22-23,29-30H,8-10,12-15H2,1H3. The summed E-state index contributed by atoms with van der Waals surface area (Å²) in [4.78, 5) is 0. The number of aliphatic hydroxyl groups excluding tert-OH is 2. The van der Waals surface area contributed by atoms with Crippen molar-refractivity contribution < 1.29 is 32.9 Å². The van der Waals surface area contributed by atoms with Gasteiger partial charge in [0.1, 0.15) is 17.8 Å². The Morgan fingerprint density at radius 3 is 2.44 bits per heavy atom. The van der Waals surface area contributed by atoms with Gasteiger partial charge in [-0.05, 0) is 60.6 Å². The van der Waals surface area contributed by atoms with Gasteiger partial charge >= 0.3 is 6.18 Å². The van der Waals surface area contributed by atoms with E-state index in [1.165, 1.54) is 0 Å². The van der Waals surface area contributed by atoms with Crippen LogP contribution in [0, 0.1) is 12.3 Å². The molecular formula is C25H29F3O4. The first kappa shape index (κ1) is 23.1. The highest BCUT2D eigenvalue weighted by molar-refractivity contribution is 5.38. The van der Waals surface area contributed by atoms with E-state index in [1.54, 1.807) is 12.1 Å². The van der Waals surface area contributed by atoms with E-state index in [-0.39, 0.29) is 38.3 Å². The molecule has 2 fully saturated rings. The van der Waals surface area contributed by atoms with Crippen molar-refractivity contribution in [1.82, 2.24) is 0 Å². The van der Waals surface area contributed by atoms with E-state index in [2.05, 4.69) is 6.07 Å². The number of rotatable bonds is 7. The summed E-state index contributed by atoms with van der Waals surface area (Å²) in [6.07, 6.45) is -3.52. The van der Waals surface area contributed by atoms with E-state index < -0.39 is 17.7 Å². The second kappa shape index (κ2) is 9.04. The maximum Gasteiger partial charge on any atom is 0.397 e. The molecular weight excluding hydrogens is 421 g/mol. The lowest BCUT2D eigenvalue weighted by Crippen LogP contribution is -2.33. The van der Waals surface area contributed by atoms with E-state index in [9.17, 15) is 23.4 Å². The van der Waals surface area contributed by atoms with Crippen LogP contribution in [0.4, 0.5) is 13.2 Å². The van der Waals surface area contributed by atoms with Crippen LogP contribution in [0.5, 0.6) is 5.75 Å². The molecule has 2 aliphatic rings. The molecule has 3 atom stereocenters. The summed E-state index contributed by atoms with van der Waals surface area (Å²) in [6.45, 7) is 1.57. The Balaban J connectivity index is 1.41. The van der Waals surface area contributed by atoms with Crippen LogP contribution in [-0.4, -0.2) is 41.8 Å². The zero-order chi connectivity index (χ0) is 22.9. The van der Waals surface area contributed by atoms with Crippen LogP contribution in [0.15, 0.2) is 42.5 Å². The SMILES string of the molecule is Cc1ccc(C2CC(O)CC(CO)O2)cc1Cc1ccc(OCC2(C(F)(F)F)CC2)cc1. The van der Waals surface area contributed by atoms with Crippen LogP contribution < -0.4 is 4.74 Å². The fourth-order valence-electron chi connectivity index (χ4n) is 4.21. The zero-order valence-corrected chi connectivity index (χ0v) is 18.1. The molecule has 4 nitrogen and oxygen atoms in total. The Kier molecular flexibility index (Phi) is 6.52. The Labute approximate surface area is 186 Å². The Bertz CT molecular complexity index is 922. The molecule has 0 bridgehead atoms. The predicted molar refractivity (Wildman–Crippen MR) is 114 cm³/mol. The van der Waals surface area contributed by atoms with Crippen LogP contribution in [-0.2, 0) is 11.2 Å². The van der Waals surface area contributed by atoms with Gasteiger partial charge < -0.3 is 19.7 Å². The summed E-state index contributed by atoms with van der Waals surface area (Å²) in [6, 6.07) is 13.3. The summed E-state index contributed by atoms with van der Waals surface area (Å²) >= 11 is 0. The van der Waals surface area contributed by atoms with Crippen molar-refractivity contribution in [1.29, 1.82) is 0 Å². The molecule has 1 saturated heterocycles. The first-order valence-electron chi connectivity index (χ1n) is 11.0. The monoisotopic (exact) mass is 450 g/mol. The lowest BCUT2D eigenvalue weighted by Gasteiger charge is -2.32. The van der Waals surface area contributed by atoms with Gasteiger partial charge in [-0.25, -0.2) is 0 Å². The normalized spacial score (nSPS) is 24.9. The molecule has 2 aromatic rings. The molecule has 3 unspecified atom stereocenters. The third-order valence-electron chi connectivity index (χ3n) is 6.61. The average Bonchev–Trinajstić information content (AvgIpc) is 3.56. The first-order chi connectivity index (χ1) is 15.2. The third-order valence-corrected chi connectivity index (χ3v) is 6.61. The summed E-state index contributed by atoms with van der Waals surface area (Å²) in [5.41, 5.74) is 2.53. The van der Waals surface area contributed by atoms with Crippen LogP contribution in [0.1, 0.15) is 54.0 Å². The summed E-state index contributed by atoms with van der Waals surface area (Å²) < 4.78 is 50.5. The van der Waals surface area contributed by atoms with E-state index in [1.807, 2.05) is 31.2 Å². The smallest absolute Gasteiger partial charge is 0.397 e. The predicted octanol–water partition coefficient (Wildman–Crippen LogP) is 4.88. The summed E-state index contributed by atoms with van der Waals surface area (Å²) in [7, 11) is 0. The second-order valence-electron chi connectivity index (χ2n) is 9.13. The molecule has 2 N–H and O–H groups in total. The van der Waals surface area contributed by atoms with Gasteiger partial charge in [-0.1, -0.05) is 30.3 Å². The maximum atomic E-state index is 13.1. The quantitative estimate of drug-likeness (QED) is 0.631. The van der Waals surface area contributed by atoms with Crippen LogP contribution >= 0.6 is 0 Å². The highest BCUT2D eigenvalue weighted by Gasteiger charge is 2.63. The molecule has 0 amide bonds. The number of benzene rings is 2. The number of aryl methyl sites for hydroxylation is 1. The Morgan fingerprint density at radius 2 is 1.81 bits per heavy atom. The number of hydrogen-bond acceptors (Lipinski definition) is 4. The third kappa shape index (κ3) is 5.11. The van der Waals surface area contributed by atoms with E-state index in [0.29, 0.717) is 25.0 Å². The fraction of sp³-hybridized carbons (Fsp3) is 0.520. The maximum absolute atomic E-state index is 13.1. The minimum absolute atomic E-state index is 0.120. The largest absolute Gasteiger partial charge is 0.493 e. The minimum atomic E-state index is -4.22. The van der Waals surface area contributed by atoms with Crippen molar-refractivity contribution >= 4 is 0 Å². The highest BCUT2D eigenvalue weighted by Crippen LogP contribution is 2.57. The van der Waals surface area contributed by atoms with Gasteiger partial charge in [0.25, 0.3) is 0 Å². The molecule has 1 aliphatic carbocycles. The van der Waals surface area contributed by atoms with Gasteiger partial charge in [0.15, 0.2) is 0 Å². The van der Waals surface area contributed by atoms with Crippen molar-refractivity contribution in [2.75, 3.05) is 13.2 Å². The van der Waals surface area contributed by atoms with Gasteiger partial charge in [0.05, 0.1) is 24.9 Å². The van der Waals surface area contributed by atoms with Gasteiger partial charge in [-0.2, -0.15) is 13.2 Å². The Hall–Kier alpha value is -2.09. The average molecular weight is 450 g/mol. The number of alkyl halides is 3. The Morgan fingerprint density at radius 1 is 1.09 bits per heavy atom. The summed E-state index contributed by atoms with van der Waals surface area (Å²) in [5.74, 6) is 0.439. The minimum Gasteiger partial charge on any atom is -0.493 e. The van der Waals surface area contributed by atoms with Crippen molar-refractivity contribution in [2.24, 2.45) is 5.41 Å². The molecule has 1 aliphatic heterocycles. The van der Waals surface area contributed by atoms with Crippen LogP contribution in [0.2, 0.25) is 0 Å². The van der Waals surface area contributed by atoms with Crippen molar-refractivity contribution in [3.63, 3.8) is 0 Å². The second-order valence-corrected chi connectivity index (χ2v) is 9.13. The molecule has 0 radical (unpaired) electrons. The molecule has 0 spiro atoms. The molecule has 1 heterocycles. The van der Waals surface area contributed by atoms with Gasteiger partial charge in [0, 0.05) is 12.8 Å². The summed E-state index contributed by atoms with van der Waals surface area (Å²) in [5, 5.41) is 19.5. The molecule has 1 saturated carbocycles. The lowest BCUT2D eigenvalue weighted by molar-refractivity contribution is -0.194. The molecule has 0 aromatic heterocycles. The van der Waals surface area contributed by atoms with Gasteiger partial charge in [-0.3, -0.25) is 0 Å². The molecule has 7 heteroatoms. The topological polar surface area (TPSA) is 58.9 Å². The number of halogens is 3. The number of aliphatic hydroxyl groups is 2. The van der Waals surface area contributed by atoms with Crippen molar-refractivity contribution in [3.8, 4) is 5.75 Å². The molecule has 32 heavy (non-hydrogen) atoms. The van der Waals surface area contributed by atoms with Crippen molar-refractivity contribution in [2.45, 2.75) is 63.5 Å². The lowest BCUT2D eigenvalue weighted by atomic mass is 9.92. The van der Waals surface area contributed by atoms with E-state index in [0.717, 1.165) is 22.3 Å². The highest BCUT2D eigenvalue weighted by atomic mass is 19.4. The molecule has 2 aromatic carbocycles. The zero-order valence-electron chi connectivity index (χ0n) is 18.1. The number of ether oxygens (including phenoxy) is 2. The number of hydrogen-bond donors (Lipinski definition) is 2. The molecule has 174 valence electrons. The van der Waals surface area contributed by atoms with Crippen LogP contribution in [0.3, 0.4) is 0 Å². The fourth-order valence-corrected chi connectivity index (χ4v) is 4.21. The van der Waals surface area contributed by atoms with Crippen LogP contribution in [0.25, 0.3) is 0 Å². The van der Waals surface area contributed by atoms with Crippen molar-refractivity contribution in [3.05, 3.63) is 64.7 Å². The van der Waals surface area contributed by atoms with Gasteiger partial charge in [0.2, 0.25) is 0 Å². The first-order valence-corrected chi connectivity index (χ1v) is 11.0. The molecule has 4 rings (SSSR count). The van der Waals surface area contributed by atoms with Gasteiger partial charge in [-0.15, -0.1) is 0 Å². The van der Waals surface area contributed by atoms with E-state index >= 15 is 0 Å². The van der Waals surface area contributed by atoms with E-state index in [4.69, 9.17) is 9.47 Å².